The Morgan fingerprint density at radius 2 is 1.83 bits per heavy atom. The van der Waals surface area contributed by atoms with Crippen LogP contribution in [0.3, 0.4) is 0 Å². The van der Waals surface area contributed by atoms with Crippen molar-refractivity contribution in [3.8, 4) is 0 Å². The number of methoxy groups -OCH3 is 1. The van der Waals surface area contributed by atoms with Crippen LogP contribution in [0.2, 0.25) is 0 Å². The summed E-state index contributed by atoms with van der Waals surface area (Å²) in [4.78, 5) is 32.6. The van der Waals surface area contributed by atoms with Gasteiger partial charge in [-0.2, -0.15) is 8.42 Å². The molecule has 1 aliphatic carbocycles. The summed E-state index contributed by atoms with van der Waals surface area (Å²) in [5.74, 6) is 1.40. The lowest BCUT2D eigenvalue weighted by Gasteiger charge is -2.34. The van der Waals surface area contributed by atoms with Crippen molar-refractivity contribution in [3.05, 3.63) is 65.5 Å². The van der Waals surface area contributed by atoms with Crippen molar-refractivity contribution in [2.24, 2.45) is 11.3 Å². The quantitative estimate of drug-likeness (QED) is 0.394. The molecular weight excluding hydrogens is 602 g/mol. The predicted molar refractivity (Wildman–Crippen MR) is 179 cm³/mol. The van der Waals surface area contributed by atoms with Crippen LogP contribution in [0.15, 0.2) is 53.6 Å². The molecule has 2 aliphatic heterocycles. The fraction of sp³-hybridized carbons (Fsp3) is 0.529. The van der Waals surface area contributed by atoms with Crippen molar-refractivity contribution in [1.29, 1.82) is 0 Å². The first-order chi connectivity index (χ1) is 21.6. The molecule has 3 aromatic heterocycles. The van der Waals surface area contributed by atoms with Gasteiger partial charge in [-0.15, -0.1) is 0 Å². The Kier molecular flexibility index (Phi) is 8.03. The number of likely N-dealkylation sites (N-methyl/N-ethyl adjacent to an activating group) is 1. The van der Waals surface area contributed by atoms with Gasteiger partial charge in [-0.05, 0) is 80.8 Å². The van der Waals surface area contributed by atoms with E-state index in [9.17, 15) is 13.2 Å². The molecule has 1 amide bonds. The molecule has 246 valence electrons. The van der Waals surface area contributed by atoms with Gasteiger partial charge in [0.25, 0.3) is 15.9 Å². The van der Waals surface area contributed by atoms with Crippen molar-refractivity contribution >= 4 is 33.4 Å². The van der Waals surface area contributed by atoms with Gasteiger partial charge in [0.15, 0.2) is 5.03 Å². The molecule has 1 spiro atoms. The van der Waals surface area contributed by atoms with E-state index >= 15 is 0 Å². The Hall–Kier alpha value is -3.77. The molecule has 6 rings (SSSR count). The molecule has 1 saturated heterocycles. The first-order valence-electron chi connectivity index (χ1n) is 15.9. The maximum atomic E-state index is 13.8. The number of carbonyl (C=O) groups excluding carboxylic acids is 1. The van der Waals surface area contributed by atoms with Crippen molar-refractivity contribution in [2.45, 2.75) is 75.9 Å². The molecule has 2 N–H and O–H groups in total. The van der Waals surface area contributed by atoms with Gasteiger partial charge in [-0.1, -0.05) is 32.9 Å². The fourth-order valence-corrected chi connectivity index (χ4v) is 8.04. The Labute approximate surface area is 272 Å². The zero-order valence-corrected chi connectivity index (χ0v) is 28.6. The molecule has 0 aromatic carbocycles. The maximum absolute atomic E-state index is 13.8. The topological polar surface area (TPSA) is 130 Å². The molecule has 11 nitrogen and oxygen atoms in total. The van der Waals surface area contributed by atoms with Gasteiger partial charge in [0.05, 0.1) is 23.9 Å². The number of nitrogens with zero attached hydrogens (tertiary/aromatic N) is 5. The van der Waals surface area contributed by atoms with Gasteiger partial charge in [0.1, 0.15) is 17.5 Å². The second-order valence-electron chi connectivity index (χ2n) is 14.7. The average Bonchev–Trinajstić information content (AvgIpc) is 3.57. The maximum Gasteiger partial charge on any atom is 0.281 e. The Morgan fingerprint density at radius 3 is 2.57 bits per heavy atom. The van der Waals surface area contributed by atoms with Gasteiger partial charge in [0, 0.05) is 43.9 Å². The number of fused-ring (bicyclic) bond motifs is 5. The van der Waals surface area contributed by atoms with Crippen LogP contribution in [0.5, 0.6) is 0 Å². The lowest BCUT2D eigenvalue weighted by Crippen LogP contribution is -2.41. The van der Waals surface area contributed by atoms with Crippen LogP contribution in [-0.4, -0.2) is 68.7 Å². The third-order valence-electron chi connectivity index (χ3n) is 9.69. The Bertz CT molecular complexity index is 1760. The highest BCUT2D eigenvalue weighted by Crippen LogP contribution is 2.65. The molecule has 3 atom stereocenters. The minimum atomic E-state index is -4.30. The second kappa shape index (κ2) is 11.5. The van der Waals surface area contributed by atoms with E-state index < -0.39 is 15.9 Å². The van der Waals surface area contributed by atoms with E-state index in [1.165, 1.54) is 6.07 Å². The number of pyridine rings is 3. The highest BCUT2D eigenvalue weighted by atomic mass is 32.2. The molecule has 3 aliphatic rings. The second-order valence-corrected chi connectivity index (χ2v) is 16.3. The number of hydrogen-bond donors (Lipinski definition) is 2. The molecule has 0 radical (unpaired) electrons. The summed E-state index contributed by atoms with van der Waals surface area (Å²) < 4.78 is 34.7. The fourth-order valence-electron chi connectivity index (χ4n) is 7.11. The van der Waals surface area contributed by atoms with Crippen molar-refractivity contribution in [1.82, 2.24) is 19.7 Å². The average molecular weight is 648 g/mol. The molecular formula is C34H45N7O4S. The molecule has 5 heterocycles. The van der Waals surface area contributed by atoms with Crippen molar-refractivity contribution in [2.75, 3.05) is 49.0 Å². The minimum Gasteiger partial charge on any atom is -0.383 e. The van der Waals surface area contributed by atoms with E-state index in [2.05, 4.69) is 59.4 Å². The summed E-state index contributed by atoms with van der Waals surface area (Å²) in [6.07, 6.45) is 2.76. The molecule has 2 unspecified atom stereocenters. The first-order valence-corrected chi connectivity index (χ1v) is 17.4. The van der Waals surface area contributed by atoms with Crippen LogP contribution in [0.1, 0.15) is 81.7 Å². The van der Waals surface area contributed by atoms with Crippen LogP contribution >= 0.6 is 0 Å². The number of carbonyl (C=O) groups is 1. The number of hydrogen-bond acceptors (Lipinski definition) is 10. The molecule has 2 fully saturated rings. The third-order valence-corrected chi connectivity index (χ3v) is 10.9. The normalized spacial score (nSPS) is 24.8. The summed E-state index contributed by atoms with van der Waals surface area (Å²) >= 11 is 0. The van der Waals surface area contributed by atoms with Crippen molar-refractivity contribution in [3.63, 3.8) is 0 Å². The van der Waals surface area contributed by atoms with Crippen LogP contribution in [-0.2, 0) is 20.2 Å². The summed E-state index contributed by atoms with van der Waals surface area (Å²) in [5.41, 5.74) is 1.39. The monoisotopic (exact) mass is 647 g/mol. The largest absolute Gasteiger partial charge is 0.383 e. The summed E-state index contributed by atoms with van der Waals surface area (Å²) in [6.45, 7) is 12.6. The van der Waals surface area contributed by atoms with Crippen LogP contribution in [0.25, 0.3) is 0 Å². The number of aromatic nitrogens is 3. The van der Waals surface area contributed by atoms with E-state index in [1.54, 1.807) is 25.3 Å². The van der Waals surface area contributed by atoms with Crippen LogP contribution in [0.4, 0.5) is 17.5 Å². The van der Waals surface area contributed by atoms with Crippen LogP contribution in [0, 0.1) is 11.3 Å². The minimum absolute atomic E-state index is 0.0327. The Balaban J connectivity index is 1.45. The van der Waals surface area contributed by atoms with E-state index in [0.717, 1.165) is 43.0 Å². The number of anilines is 3. The van der Waals surface area contributed by atoms with E-state index in [4.69, 9.17) is 14.7 Å². The zero-order valence-electron chi connectivity index (χ0n) is 27.8. The summed E-state index contributed by atoms with van der Waals surface area (Å²) in [6, 6.07) is 14.1. The standard InChI is InChI=1S/C34H45N7O4S/c1-32(2,3)26-15-14-23-30(37-26)41-21-34(20-33(41,4)5)19-22(34)18-25(24-10-8-12-28(36-24)40(6)16-17-45-7)35-27-11-9-13-29(38-27)46(43,44)39-31(23)42/h8-15,22,25H,16-21H2,1-7H3,(H,35,38)(H,39,42)/t22?,25-,34?/m1/s1. The first kappa shape index (κ1) is 32.2. The van der Waals surface area contributed by atoms with E-state index in [-0.39, 0.29) is 33.0 Å². The highest BCUT2D eigenvalue weighted by Gasteiger charge is 2.63. The lowest BCUT2D eigenvalue weighted by atomic mass is 9.90. The van der Waals surface area contributed by atoms with Gasteiger partial charge in [-0.25, -0.2) is 19.7 Å². The zero-order chi connectivity index (χ0) is 33.1. The van der Waals surface area contributed by atoms with E-state index in [1.807, 2.05) is 31.3 Å². The summed E-state index contributed by atoms with van der Waals surface area (Å²) in [5, 5.41) is 3.27. The number of sulfonamides is 1. The number of nitrogens with one attached hydrogen (secondary N) is 2. The Morgan fingerprint density at radius 1 is 1.07 bits per heavy atom. The molecule has 12 heteroatoms. The molecule has 46 heavy (non-hydrogen) atoms. The van der Waals surface area contributed by atoms with Gasteiger partial charge in [0.2, 0.25) is 0 Å². The number of ether oxygens (including phenoxy) is 1. The highest BCUT2D eigenvalue weighted by molar-refractivity contribution is 7.90. The molecule has 1 saturated carbocycles. The summed E-state index contributed by atoms with van der Waals surface area (Å²) in [7, 11) is -0.627. The molecule has 4 bridgehead atoms. The van der Waals surface area contributed by atoms with Gasteiger partial charge >= 0.3 is 0 Å². The molecule has 3 aromatic rings. The van der Waals surface area contributed by atoms with Crippen LogP contribution < -0.4 is 19.8 Å². The third kappa shape index (κ3) is 6.16. The van der Waals surface area contributed by atoms with E-state index in [0.29, 0.717) is 30.7 Å². The van der Waals surface area contributed by atoms with Crippen molar-refractivity contribution < 1.29 is 17.9 Å². The van der Waals surface area contributed by atoms with Gasteiger partial charge < -0.3 is 19.9 Å². The van der Waals surface area contributed by atoms with Gasteiger partial charge in [-0.3, -0.25) is 4.79 Å². The number of amides is 1. The number of rotatable bonds is 5. The smallest absolute Gasteiger partial charge is 0.281 e. The SMILES string of the molecule is COCCN(C)c1cccc([C@H]2CC3CC34CN(c3nc(C(C)(C)C)ccc3C(=O)NS(=O)(=O)c3cccc(n3)N2)C(C)(C)C4)n1. The predicted octanol–water partition coefficient (Wildman–Crippen LogP) is 4.92. The lowest BCUT2D eigenvalue weighted by molar-refractivity contribution is 0.0981.